The van der Waals surface area contributed by atoms with Crippen molar-refractivity contribution in [3.05, 3.63) is 83.2 Å². The van der Waals surface area contributed by atoms with E-state index in [0.29, 0.717) is 5.56 Å². The van der Waals surface area contributed by atoms with E-state index in [9.17, 15) is 35.9 Å². The van der Waals surface area contributed by atoms with Gasteiger partial charge in [0.15, 0.2) is 11.4 Å². The number of hydrogen-bond donors (Lipinski definition) is 2. The predicted molar refractivity (Wildman–Crippen MR) is 134 cm³/mol. The highest BCUT2D eigenvalue weighted by atomic mass is 19.4. The van der Waals surface area contributed by atoms with Crippen molar-refractivity contribution in [2.24, 2.45) is 0 Å². The second-order valence-corrected chi connectivity index (χ2v) is 9.21. The van der Waals surface area contributed by atoms with Crippen LogP contribution in [0.1, 0.15) is 44.2 Å². The van der Waals surface area contributed by atoms with E-state index >= 15 is 4.39 Å². The Morgan fingerprint density at radius 3 is 2.57 bits per heavy atom. The summed E-state index contributed by atoms with van der Waals surface area (Å²) >= 11 is 0. The van der Waals surface area contributed by atoms with E-state index in [4.69, 9.17) is 0 Å². The summed E-state index contributed by atoms with van der Waals surface area (Å²) in [5, 5.41) is 19.3. The zero-order valence-corrected chi connectivity index (χ0v) is 22.3. The van der Waals surface area contributed by atoms with E-state index in [-0.39, 0.29) is 36.6 Å². The number of aromatic amines is 1. The molecule has 0 aliphatic carbocycles. The first kappa shape index (κ1) is 31.8. The van der Waals surface area contributed by atoms with Crippen LogP contribution in [0.4, 0.5) is 30.7 Å². The number of carbonyl (C=O) groups excluding carboxylic acids is 2. The highest BCUT2D eigenvalue weighted by Crippen LogP contribution is 2.29. The number of aryl methyl sites for hydroxylation is 1. The van der Waals surface area contributed by atoms with Crippen molar-refractivity contribution in [1.29, 1.82) is 0 Å². The molecular weight excluding hydrogens is 607 g/mol. The Bertz CT molecular complexity index is 1560. The molecule has 234 valence electrons. The van der Waals surface area contributed by atoms with Crippen molar-refractivity contribution in [3.63, 3.8) is 0 Å². The van der Waals surface area contributed by atoms with Gasteiger partial charge in [0, 0.05) is 19.3 Å². The number of amides is 2. The number of benzene rings is 1. The molecule has 0 radical (unpaired) electrons. The molecule has 0 aliphatic rings. The zero-order chi connectivity index (χ0) is 31.9. The van der Waals surface area contributed by atoms with Crippen LogP contribution in [0.15, 0.2) is 55.0 Å². The molecule has 12 nitrogen and oxygen atoms in total. The minimum absolute atomic E-state index is 0.0912. The lowest BCUT2D eigenvalue weighted by Gasteiger charge is -2.23. The minimum atomic E-state index is -4.87. The molecule has 4 rings (SSSR count). The number of pyridine rings is 1. The summed E-state index contributed by atoms with van der Waals surface area (Å²) in [6, 6.07) is 6.53. The van der Waals surface area contributed by atoms with Gasteiger partial charge in [-0.1, -0.05) is 22.6 Å². The second kappa shape index (κ2) is 13.5. The van der Waals surface area contributed by atoms with Gasteiger partial charge in [0.05, 0.1) is 36.7 Å². The summed E-state index contributed by atoms with van der Waals surface area (Å²) in [4.78, 5) is 30.1. The molecule has 3 aromatic heterocycles. The van der Waals surface area contributed by atoms with Crippen LogP contribution in [0.5, 0.6) is 5.75 Å². The summed E-state index contributed by atoms with van der Waals surface area (Å²) < 4.78 is 96.7. The highest BCUT2D eigenvalue weighted by molar-refractivity contribution is 5.92. The van der Waals surface area contributed by atoms with Crippen molar-refractivity contribution in [3.8, 4) is 5.75 Å². The molecule has 3 heterocycles. The maximum absolute atomic E-state index is 15.1. The van der Waals surface area contributed by atoms with Gasteiger partial charge in [-0.15, -0.1) is 23.4 Å². The maximum Gasteiger partial charge on any atom is 0.573 e. The fraction of sp³-hybridized carbons (Fsp3) is 0.320. The Morgan fingerprint density at radius 2 is 1.86 bits per heavy atom. The molecule has 19 heteroatoms. The molecule has 4 aromatic rings. The van der Waals surface area contributed by atoms with E-state index in [1.807, 2.05) is 0 Å². The van der Waals surface area contributed by atoms with Crippen molar-refractivity contribution in [2.75, 3.05) is 6.54 Å². The molecule has 0 saturated carbocycles. The van der Waals surface area contributed by atoms with Crippen molar-refractivity contribution in [2.45, 2.75) is 44.8 Å². The van der Waals surface area contributed by atoms with E-state index in [0.717, 1.165) is 46.2 Å². The Hall–Kier alpha value is -5.10. The van der Waals surface area contributed by atoms with Gasteiger partial charge in [0.1, 0.15) is 11.9 Å². The van der Waals surface area contributed by atoms with Gasteiger partial charge < -0.3 is 15.0 Å². The molecule has 1 aromatic carbocycles. The minimum Gasteiger partial charge on any atom is -0.406 e. The summed E-state index contributed by atoms with van der Waals surface area (Å²) in [6.45, 7) is -1.23. The number of rotatable bonds is 12. The molecule has 2 amide bonds. The standard InChI is InChI=1S/C25H22F7N9O3/c26-17(12-40(23(43)20-11-35-38-36-20)13-18-9-16(4-6-33-18)24(27,28)29)5-7-41-14-21(37-39-41)22(42)34-10-15-2-1-3-19(8-15)44-25(30,31)32/h1-4,6,8-9,11,14,17H,5,7,10,12-13H2,(H,34,42)(H,35,36,38). The van der Waals surface area contributed by atoms with Crippen LogP contribution in [-0.4, -0.2) is 71.2 Å². The topological polar surface area (TPSA) is 144 Å². The maximum atomic E-state index is 15.1. The predicted octanol–water partition coefficient (Wildman–Crippen LogP) is 3.71. The number of ether oxygens (including phenoxy) is 1. The monoisotopic (exact) mass is 629 g/mol. The first-order valence-electron chi connectivity index (χ1n) is 12.6. The number of H-pyrrole nitrogens is 1. The third-order valence-corrected chi connectivity index (χ3v) is 5.87. The van der Waals surface area contributed by atoms with Gasteiger partial charge in [-0.25, -0.2) is 4.39 Å². The van der Waals surface area contributed by atoms with E-state index in [1.165, 1.54) is 18.3 Å². The molecule has 0 aliphatic heterocycles. The molecule has 0 bridgehead atoms. The summed E-state index contributed by atoms with van der Waals surface area (Å²) in [6.07, 6.45) is -8.14. The largest absolute Gasteiger partial charge is 0.573 e. The second-order valence-electron chi connectivity index (χ2n) is 9.21. The van der Waals surface area contributed by atoms with Crippen molar-refractivity contribution in [1.82, 2.24) is 45.6 Å². The Morgan fingerprint density at radius 1 is 1.07 bits per heavy atom. The van der Waals surface area contributed by atoms with Crippen LogP contribution < -0.4 is 10.1 Å². The summed E-state index contributed by atoms with van der Waals surface area (Å²) in [5.41, 5.74) is -1.13. The van der Waals surface area contributed by atoms with Gasteiger partial charge in [0.2, 0.25) is 0 Å². The van der Waals surface area contributed by atoms with E-state index < -0.39 is 54.9 Å². The van der Waals surface area contributed by atoms with Crippen LogP contribution >= 0.6 is 0 Å². The van der Waals surface area contributed by atoms with Crippen LogP contribution in [0.2, 0.25) is 0 Å². The third kappa shape index (κ3) is 9.20. The number of carbonyl (C=O) groups is 2. The van der Waals surface area contributed by atoms with Gasteiger partial charge in [-0.3, -0.25) is 24.4 Å². The Balaban J connectivity index is 1.33. The number of nitrogens with one attached hydrogen (secondary N) is 2. The van der Waals surface area contributed by atoms with Crippen molar-refractivity contribution >= 4 is 11.8 Å². The van der Waals surface area contributed by atoms with E-state index in [2.05, 4.69) is 40.8 Å². The highest BCUT2D eigenvalue weighted by Gasteiger charge is 2.32. The van der Waals surface area contributed by atoms with Gasteiger partial charge >= 0.3 is 12.5 Å². The first-order chi connectivity index (χ1) is 20.8. The quantitative estimate of drug-likeness (QED) is 0.226. The number of aromatic nitrogens is 7. The number of hydrogen-bond acceptors (Lipinski definition) is 8. The number of halogens is 7. The molecule has 1 atom stereocenters. The van der Waals surface area contributed by atoms with Crippen LogP contribution in [0.25, 0.3) is 0 Å². The Labute approximate surface area is 243 Å². The summed E-state index contributed by atoms with van der Waals surface area (Å²) in [5.74, 6) is -1.95. The number of alkyl halides is 7. The molecular formula is C25H22F7N9O3. The molecule has 2 N–H and O–H groups in total. The molecule has 1 unspecified atom stereocenters. The SMILES string of the molecule is O=C(NCc1cccc(OC(F)(F)F)c1)c1cn(CCC(F)CN(Cc2cc(C(F)(F)F)ccn2)C(=O)c2c[nH]nn2)nn1. The van der Waals surface area contributed by atoms with Gasteiger partial charge in [-0.05, 0) is 36.2 Å². The molecule has 44 heavy (non-hydrogen) atoms. The van der Waals surface area contributed by atoms with E-state index in [1.54, 1.807) is 0 Å². The Kier molecular flexibility index (Phi) is 9.74. The van der Waals surface area contributed by atoms with Gasteiger partial charge in [-0.2, -0.15) is 13.2 Å². The lowest BCUT2D eigenvalue weighted by Crippen LogP contribution is -2.36. The lowest BCUT2D eigenvalue weighted by atomic mass is 10.2. The van der Waals surface area contributed by atoms with Crippen LogP contribution in [-0.2, 0) is 25.8 Å². The average molecular weight is 629 g/mol. The molecule has 0 saturated heterocycles. The molecule has 0 spiro atoms. The number of nitrogens with zero attached hydrogens (tertiary/aromatic N) is 7. The average Bonchev–Trinajstić information content (AvgIpc) is 3.66. The fourth-order valence-electron chi connectivity index (χ4n) is 3.86. The lowest BCUT2D eigenvalue weighted by molar-refractivity contribution is -0.274. The fourth-order valence-corrected chi connectivity index (χ4v) is 3.86. The molecule has 0 fully saturated rings. The normalized spacial score (nSPS) is 12.5. The first-order valence-corrected chi connectivity index (χ1v) is 12.6. The van der Waals surface area contributed by atoms with Crippen LogP contribution in [0, 0.1) is 0 Å². The van der Waals surface area contributed by atoms with Gasteiger partial charge in [0.25, 0.3) is 11.8 Å². The zero-order valence-electron chi connectivity index (χ0n) is 22.3. The summed E-state index contributed by atoms with van der Waals surface area (Å²) in [7, 11) is 0. The van der Waals surface area contributed by atoms with Crippen LogP contribution in [0.3, 0.4) is 0 Å². The van der Waals surface area contributed by atoms with Crippen molar-refractivity contribution < 1.29 is 45.1 Å². The smallest absolute Gasteiger partial charge is 0.406 e. The third-order valence-electron chi connectivity index (χ3n) is 5.87.